The summed E-state index contributed by atoms with van der Waals surface area (Å²) in [6, 6.07) is 11.6. The van der Waals surface area contributed by atoms with E-state index in [1.165, 1.54) is 0 Å². The lowest BCUT2D eigenvalue weighted by Gasteiger charge is -2.10. The number of aliphatic hydroxyl groups is 1. The van der Waals surface area contributed by atoms with Crippen LogP contribution in [0.5, 0.6) is 5.75 Å². The summed E-state index contributed by atoms with van der Waals surface area (Å²) < 4.78 is 72.0. The highest BCUT2D eigenvalue weighted by atomic mass is 32.2. The molecule has 4 aromatic rings. The maximum Gasteiger partial charge on any atom is 0.573 e. The van der Waals surface area contributed by atoms with Crippen molar-refractivity contribution in [2.45, 2.75) is 22.8 Å². The van der Waals surface area contributed by atoms with Gasteiger partial charge in [0.2, 0.25) is 15.7 Å². The molecule has 13 heteroatoms. The Morgan fingerprint density at radius 2 is 1.71 bits per heavy atom. The highest BCUT2D eigenvalue weighted by Crippen LogP contribution is 2.31. The van der Waals surface area contributed by atoms with Gasteiger partial charge in [-0.1, -0.05) is 12.1 Å². The number of hydrogen-bond acceptors (Lipinski definition) is 9. The minimum Gasteiger partial charge on any atom is -0.415 e. The third-order valence-corrected chi connectivity index (χ3v) is 6.29. The molecule has 0 bridgehead atoms. The number of benzene rings is 2. The van der Waals surface area contributed by atoms with E-state index in [0.717, 1.165) is 36.5 Å². The van der Waals surface area contributed by atoms with Gasteiger partial charge in [0.15, 0.2) is 5.69 Å². The Hall–Kier alpha value is -3.97. The zero-order chi connectivity index (χ0) is 24.5. The molecule has 4 rings (SSSR count). The topological polar surface area (TPSA) is 141 Å². The van der Waals surface area contributed by atoms with Crippen LogP contribution in [-0.4, -0.2) is 35.1 Å². The van der Waals surface area contributed by atoms with Crippen LogP contribution in [0.3, 0.4) is 0 Å². The molecule has 9 nitrogen and oxygen atoms in total. The number of pyridine rings is 1. The summed E-state index contributed by atoms with van der Waals surface area (Å²) in [7, 11) is -4.14. The number of hydrogen-bond donors (Lipinski definition) is 2. The van der Waals surface area contributed by atoms with Crippen molar-refractivity contribution < 1.29 is 35.8 Å². The van der Waals surface area contributed by atoms with Crippen LogP contribution >= 0.6 is 0 Å². The van der Waals surface area contributed by atoms with Gasteiger partial charge in [-0.15, -0.1) is 23.4 Å². The summed E-state index contributed by atoms with van der Waals surface area (Å²) >= 11 is 0. The normalized spacial score (nSPS) is 12.0. The van der Waals surface area contributed by atoms with Gasteiger partial charge in [-0.2, -0.15) is 0 Å². The van der Waals surface area contributed by atoms with Crippen molar-refractivity contribution in [1.29, 1.82) is 0 Å². The molecule has 0 fully saturated rings. The fraction of sp³-hybridized carbons (Fsp3) is 0.0952. The molecule has 0 spiro atoms. The second-order valence-electron chi connectivity index (χ2n) is 6.90. The molecule has 0 saturated heterocycles. The molecule has 0 aliphatic carbocycles. The van der Waals surface area contributed by atoms with Gasteiger partial charge >= 0.3 is 6.36 Å². The Bertz CT molecular complexity index is 1440. The monoisotopic (exact) mass is 492 g/mol. The maximum absolute atomic E-state index is 12.8. The van der Waals surface area contributed by atoms with E-state index in [1.807, 2.05) is 0 Å². The highest BCUT2D eigenvalue weighted by Gasteiger charge is 2.31. The SMILES string of the molecule is Nc1cc(S(=O)(=O)c2ccc(OC(F)(F)F)cc2)cnc1-c1nnc(-c2cccc(CO)c2)o1. The van der Waals surface area contributed by atoms with E-state index in [0.29, 0.717) is 11.1 Å². The van der Waals surface area contributed by atoms with Gasteiger partial charge in [0.25, 0.3) is 5.89 Å². The number of sulfone groups is 1. The van der Waals surface area contributed by atoms with Crippen molar-refractivity contribution in [3.63, 3.8) is 0 Å². The van der Waals surface area contributed by atoms with Crippen LogP contribution < -0.4 is 10.5 Å². The smallest absolute Gasteiger partial charge is 0.415 e. The standard InChI is InChI=1S/C21H15F3N4O5S/c22-21(23,24)33-14-4-6-15(7-5-14)34(30,31)16-9-17(25)18(26-10-16)20-28-27-19(32-20)13-3-1-2-12(8-13)11-29/h1-10,29H,11,25H2. The molecule has 0 saturated carbocycles. The second-order valence-corrected chi connectivity index (χ2v) is 8.85. The first kappa shape index (κ1) is 23.2. The quantitative estimate of drug-likeness (QED) is 0.413. The molecule has 0 aliphatic rings. The van der Waals surface area contributed by atoms with E-state index in [2.05, 4.69) is 19.9 Å². The fourth-order valence-electron chi connectivity index (χ4n) is 2.98. The zero-order valence-corrected chi connectivity index (χ0v) is 17.8. The number of alkyl halides is 3. The summed E-state index contributed by atoms with van der Waals surface area (Å²) in [4.78, 5) is 3.47. The zero-order valence-electron chi connectivity index (χ0n) is 17.0. The predicted octanol–water partition coefficient (Wildman–Crippen LogP) is 3.60. The van der Waals surface area contributed by atoms with Crippen LogP contribution in [-0.2, 0) is 16.4 Å². The van der Waals surface area contributed by atoms with E-state index in [-0.39, 0.29) is 39.6 Å². The van der Waals surface area contributed by atoms with Gasteiger partial charge in [-0.05, 0) is 48.0 Å². The van der Waals surface area contributed by atoms with E-state index in [9.17, 15) is 26.7 Å². The van der Waals surface area contributed by atoms with Crippen LogP contribution in [0.1, 0.15) is 5.56 Å². The van der Waals surface area contributed by atoms with Crippen LogP contribution in [0.2, 0.25) is 0 Å². The summed E-state index contributed by atoms with van der Waals surface area (Å²) in [5, 5.41) is 17.1. The molecular weight excluding hydrogens is 477 g/mol. The highest BCUT2D eigenvalue weighted by molar-refractivity contribution is 7.91. The van der Waals surface area contributed by atoms with E-state index in [4.69, 9.17) is 10.2 Å². The van der Waals surface area contributed by atoms with E-state index >= 15 is 0 Å². The Kier molecular flexibility index (Phi) is 5.98. The van der Waals surface area contributed by atoms with Crippen molar-refractivity contribution >= 4 is 15.5 Å². The van der Waals surface area contributed by atoms with Gasteiger partial charge in [0.1, 0.15) is 5.75 Å². The largest absolute Gasteiger partial charge is 0.573 e. The minimum atomic E-state index is -4.90. The summed E-state index contributed by atoms with van der Waals surface area (Å²) in [5.41, 5.74) is 7.15. The summed E-state index contributed by atoms with van der Waals surface area (Å²) in [5.74, 6) is -0.472. The van der Waals surface area contributed by atoms with E-state index in [1.54, 1.807) is 24.3 Å². The number of nitrogens with two attached hydrogens (primary N) is 1. The number of ether oxygens (including phenoxy) is 1. The van der Waals surface area contributed by atoms with E-state index < -0.39 is 21.9 Å². The Balaban J connectivity index is 1.60. The number of halogens is 3. The molecule has 0 radical (unpaired) electrons. The van der Waals surface area contributed by atoms with Gasteiger partial charge in [-0.3, -0.25) is 0 Å². The molecule has 0 amide bonds. The molecule has 2 heterocycles. The number of aliphatic hydroxyl groups excluding tert-OH is 1. The Morgan fingerprint density at radius 3 is 2.35 bits per heavy atom. The third kappa shape index (κ3) is 4.84. The Morgan fingerprint density at radius 1 is 1.00 bits per heavy atom. The lowest BCUT2D eigenvalue weighted by atomic mass is 10.1. The minimum absolute atomic E-state index is 0.0462. The molecule has 3 N–H and O–H groups in total. The van der Waals surface area contributed by atoms with Crippen LogP contribution in [0, 0.1) is 0 Å². The third-order valence-electron chi connectivity index (χ3n) is 4.55. The molecular formula is C21H15F3N4O5S. The molecule has 0 atom stereocenters. The average Bonchev–Trinajstić information content (AvgIpc) is 3.28. The lowest BCUT2D eigenvalue weighted by molar-refractivity contribution is -0.274. The van der Waals surface area contributed by atoms with Crippen molar-refractivity contribution in [3.05, 3.63) is 66.4 Å². The Labute approximate surface area is 190 Å². The maximum atomic E-state index is 12.8. The van der Waals surface area contributed by atoms with Crippen LogP contribution in [0.25, 0.3) is 23.0 Å². The molecule has 2 aromatic carbocycles. The molecule has 2 aromatic heterocycles. The van der Waals surface area contributed by atoms with Crippen LogP contribution in [0.15, 0.2) is 75.0 Å². The predicted molar refractivity (Wildman–Crippen MR) is 112 cm³/mol. The fourth-order valence-corrected chi connectivity index (χ4v) is 4.22. The molecule has 0 aliphatic heterocycles. The van der Waals surface area contributed by atoms with Crippen LogP contribution in [0.4, 0.5) is 18.9 Å². The lowest BCUT2D eigenvalue weighted by Crippen LogP contribution is -2.17. The number of nitrogen functional groups attached to an aromatic ring is 1. The van der Waals surface area contributed by atoms with Crippen molar-refractivity contribution in [1.82, 2.24) is 15.2 Å². The molecule has 0 unspecified atom stereocenters. The number of rotatable bonds is 6. The van der Waals surface area contributed by atoms with Crippen molar-refractivity contribution in [3.8, 4) is 28.8 Å². The number of aromatic nitrogens is 3. The first-order valence-electron chi connectivity index (χ1n) is 9.47. The number of nitrogens with zero attached hydrogens (tertiary/aromatic N) is 3. The first-order chi connectivity index (χ1) is 16.1. The van der Waals surface area contributed by atoms with Crippen molar-refractivity contribution in [2.75, 3.05) is 5.73 Å². The first-order valence-corrected chi connectivity index (χ1v) is 11.0. The van der Waals surface area contributed by atoms with Gasteiger partial charge in [-0.25, -0.2) is 13.4 Å². The van der Waals surface area contributed by atoms with Gasteiger partial charge < -0.3 is 20.0 Å². The summed E-state index contributed by atoms with van der Waals surface area (Å²) in [6.45, 7) is -0.169. The van der Waals surface area contributed by atoms with Crippen molar-refractivity contribution in [2.24, 2.45) is 0 Å². The van der Waals surface area contributed by atoms with Gasteiger partial charge in [0, 0.05) is 11.8 Å². The average molecular weight is 492 g/mol. The van der Waals surface area contributed by atoms with Gasteiger partial charge in [0.05, 0.1) is 22.1 Å². The molecule has 34 heavy (non-hydrogen) atoms. The number of anilines is 1. The second kappa shape index (κ2) is 8.76. The summed E-state index contributed by atoms with van der Waals surface area (Å²) in [6.07, 6.45) is -3.87. The molecule has 176 valence electrons.